The highest BCUT2D eigenvalue weighted by atomic mass is 19.1. The van der Waals surface area contributed by atoms with Gasteiger partial charge in [0.15, 0.2) is 11.6 Å². The van der Waals surface area contributed by atoms with Crippen LogP contribution in [0.5, 0.6) is 11.5 Å². The molecule has 1 aliphatic rings. The predicted molar refractivity (Wildman–Crippen MR) is 132 cm³/mol. The molecule has 5 rings (SSSR count). The van der Waals surface area contributed by atoms with Crippen molar-refractivity contribution in [1.29, 1.82) is 0 Å². The Morgan fingerprint density at radius 1 is 1.00 bits per heavy atom. The standard InChI is InChI=1S/C27H23FN4O4/c1-16-23(26-30-25(31-36-26)18-12-13-22(35-3)21(28)15-18)24(17-8-7-11-20(14-17)34-2)29-27(33)32(16)19-9-5-4-6-10-19/h4-15,24H,1-3H3,(H,29,33). The molecular weight excluding hydrogens is 463 g/mol. The number of anilines is 1. The number of nitrogens with one attached hydrogen (secondary N) is 1. The zero-order valence-electron chi connectivity index (χ0n) is 19.9. The number of halogens is 1. The second kappa shape index (κ2) is 9.53. The molecule has 2 heterocycles. The predicted octanol–water partition coefficient (Wildman–Crippen LogP) is 5.60. The number of rotatable bonds is 6. The molecule has 0 fully saturated rings. The normalized spacial score (nSPS) is 15.6. The summed E-state index contributed by atoms with van der Waals surface area (Å²) < 4.78 is 30.4. The van der Waals surface area contributed by atoms with E-state index in [1.54, 1.807) is 18.1 Å². The van der Waals surface area contributed by atoms with Crippen LogP contribution >= 0.6 is 0 Å². The summed E-state index contributed by atoms with van der Waals surface area (Å²) in [5.41, 5.74) is 3.12. The summed E-state index contributed by atoms with van der Waals surface area (Å²) in [4.78, 5) is 19.4. The molecule has 0 saturated heterocycles. The van der Waals surface area contributed by atoms with E-state index >= 15 is 0 Å². The zero-order valence-corrected chi connectivity index (χ0v) is 19.9. The second-order valence-electron chi connectivity index (χ2n) is 8.10. The summed E-state index contributed by atoms with van der Waals surface area (Å²) in [6, 6.07) is 20.2. The van der Waals surface area contributed by atoms with Gasteiger partial charge in [-0.3, -0.25) is 4.90 Å². The van der Waals surface area contributed by atoms with Crippen LogP contribution in [-0.2, 0) is 0 Å². The highest BCUT2D eigenvalue weighted by molar-refractivity contribution is 6.01. The Hall–Kier alpha value is -4.66. The number of hydrogen-bond donors (Lipinski definition) is 1. The highest BCUT2D eigenvalue weighted by Gasteiger charge is 2.36. The number of methoxy groups -OCH3 is 2. The lowest BCUT2D eigenvalue weighted by atomic mass is 9.94. The molecule has 8 nitrogen and oxygen atoms in total. The Morgan fingerprint density at radius 2 is 1.81 bits per heavy atom. The monoisotopic (exact) mass is 486 g/mol. The minimum Gasteiger partial charge on any atom is -0.497 e. The Bertz CT molecular complexity index is 1450. The summed E-state index contributed by atoms with van der Waals surface area (Å²) in [6.45, 7) is 1.82. The van der Waals surface area contributed by atoms with Crippen LogP contribution in [0.15, 0.2) is 83.0 Å². The van der Waals surface area contributed by atoms with Crippen molar-refractivity contribution in [3.05, 3.63) is 95.8 Å². The number of carbonyl (C=O) groups excluding carboxylic acids is 1. The third-order valence-electron chi connectivity index (χ3n) is 5.99. The van der Waals surface area contributed by atoms with Gasteiger partial charge in [-0.2, -0.15) is 4.98 Å². The molecule has 4 aromatic rings. The quantitative estimate of drug-likeness (QED) is 0.382. The van der Waals surface area contributed by atoms with Crippen LogP contribution in [0.3, 0.4) is 0 Å². The van der Waals surface area contributed by atoms with Crippen molar-refractivity contribution >= 4 is 17.3 Å². The lowest BCUT2D eigenvalue weighted by Crippen LogP contribution is -2.46. The molecule has 182 valence electrons. The van der Waals surface area contributed by atoms with Crippen molar-refractivity contribution < 1.29 is 23.2 Å². The Kier molecular flexibility index (Phi) is 6.12. The van der Waals surface area contributed by atoms with Crippen LogP contribution in [0, 0.1) is 5.82 Å². The maximum Gasteiger partial charge on any atom is 0.326 e. The molecule has 3 aromatic carbocycles. The summed E-state index contributed by atoms with van der Waals surface area (Å²) in [5, 5.41) is 7.14. The number of allylic oxidation sites excluding steroid dienone is 1. The maximum atomic E-state index is 14.3. The minimum absolute atomic E-state index is 0.118. The lowest BCUT2D eigenvalue weighted by molar-refractivity contribution is 0.244. The Balaban J connectivity index is 1.64. The lowest BCUT2D eigenvalue weighted by Gasteiger charge is -2.35. The van der Waals surface area contributed by atoms with Crippen molar-refractivity contribution in [2.75, 3.05) is 19.1 Å². The molecule has 1 unspecified atom stereocenters. The third kappa shape index (κ3) is 4.15. The van der Waals surface area contributed by atoms with Crippen molar-refractivity contribution in [3.8, 4) is 22.9 Å². The van der Waals surface area contributed by atoms with Gasteiger partial charge in [0, 0.05) is 11.3 Å². The molecule has 2 amide bonds. The van der Waals surface area contributed by atoms with Crippen LogP contribution in [-0.4, -0.2) is 30.4 Å². The van der Waals surface area contributed by atoms with Crippen LogP contribution in [0.4, 0.5) is 14.9 Å². The number of para-hydroxylation sites is 1. The molecular formula is C27H23FN4O4. The fourth-order valence-corrected chi connectivity index (χ4v) is 4.23. The number of nitrogens with zero attached hydrogens (tertiary/aromatic N) is 3. The van der Waals surface area contributed by atoms with Crippen LogP contribution in [0.1, 0.15) is 24.4 Å². The van der Waals surface area contributed by atoms with Gasteiger partial charge in [-0.25, -0.2) is 9.18 Å². The Morgan fingerprint density at radius 3 is 2.53 bits per heavy atom. The van der Waals surface area contributed by atoms with E-state index in [0.717, 1.165) is 5.56 Å². The average Bonchev–Trinajstić information content (AvgIpc) is 3.39. The first kappa shape index (κ1) is 23.1. The number of urea groups is 1. The zero-order chi connectivity index (χ0) is 25.2. The van der Waals surface area contributed by atoms with E-state index in [-0.39, 0.29) is 23.5 Å². The molecule has 1 aliphatic heterocycles. The van der Waals surface area contributed by atoms with Gasteiger partial charge < -0.3 is 19.3 Å². The highest BCUT2D eigenvalue weighted by Crippen LogP contribution is 2.39. The van der Waals surface area contributed by atoms with Gasteiger partial charge in [0.05, 0.1) is 31.5 Å². The number of amides is 2. The van der Waals surface area contributed by atoms with Crippen LogP contribution in [0.2, 0.25) is 0 Å². The van der Waals surface area contributed by atoms with E-state index in [4.69, 9.17) is 14.0 Å². The SMILES string of the molecule is COc1cccc(C2NC(=O)N(c3ccccc3)C(C)=C2c2nc(-c3ccc(OC)c(F)c3)no2)c1. The second-order valence-corrected chi connectivity index (χ2v) is 8.10. The molecule has 0 bridgehead atoms. The van der Waals surface area contributed by atoms with Crippen LogP contribution in [0.25, 0.3) is 17.0 Å². The minimum atomic E-state index is -0.589. The third-order valence-corrected chi connectivity index (χ3v) is 5.99. The molecule has 0 radical (unpaired) electrons. The summed E-state index contributed by atoms with van der Waals surface area (Å²) in [5.74, 6) is 0.634. The summed E-state index contributed by atoms with van der Waals surface area (Å²) in [7, 11) is 2.98. The average molecular weight is 487 g/mol. The van der Waals surface area contributed by atoms with Gasteiger partial charge in [-0.1, -0.05) is 35.5 Å². The smallest absolute Gasteiger partial charge is 0.326 e. The van der Waals surface area contributed by atoms with Crippen LogP contribution < -0.4 is 19.7 Å². The molecule has 1 atom stereocenters. The van der Waals surface area contributed by atoms with E-state index in [1.807, 2.05) is 61.5 Å². The van der Waals surface area contributed by atoms with E-state index in [9.17, 15) is 9.18 Å². The molecule has 9 heteroatoms. The topological polar surface area (TPSA) is 89.7 Å². The molecule has 0 aliphatic carbocycles. The largest absolute Gasteiger partial charge is 0.497 e. The van der Waals surface area contributed by atoms with Crippen molar-refractivity contribution in [2.24, 2.45) is 0 Å². The molecule has 1 aromatic heterocycles. The molecule has 0 spiro atoms. The van der Waals surface area contributed by atoms with Crippen molar-refractivity contribution in [3.63, 3.8) is 0 Å². The molecule has 36 heavy (non-hydrogen) atoms. The van der Waals surface area contributed by atoms with Gasteiger partial charge in [-0.15, -0.1) is 0 Å². The number of benzene rings is 3. The fraction of sp³-hybridized carbons (Fsp3) is 0.148. The van der Waals surface area contributed by atoms with Gasteiger partial charge >= 0.3 is 6.03 Å². The number of carbonyl (C=O) groups is 1. The first-order valence-electron chi connectivity index (χ1n) is 11.2. The first-order valence-corrected chi connectivity index (χ1v) is 11.2. The first-order chi connectivity index (χ1) is 17.5. The maximum absolute atomic E-state index is 14.3. The van der Waals surface area contributed by atoms with Crippen molar-refractivity contribution in [1.82, 2.24) is 15.5 Å². The van der Waals surface area contributed by atoms with E-state index < -0.39 is 11.9 Å². The van der Waals surface area contributed by atoms with Gasteiger partial charge in [-0.05, 0) is 55.0 Å². The van der Waals surface area contributed by atoms with Gasteiger partial charge in [0.1, 0.15) is 5.75 Å². The molecule has 1 N–H and O–H groups in total. The van der Waals surface area contributed by atoms with E-state index in [1.165, 1.54) is 19.2 Å². The van der Waals surface area contributed by atoms with E-state index in [0.29, 0.717) is 28.3 Å². The van der Waals surface area contributed by atoms with Gasteiger partial charge in [0.2, 0.25) is 5.82 Å². The summed E-state index contributed by atoms with van der Waals surface area (Å²) in [6.07, 6.45) is 0. The molecule has 0 saturated carbocycles. The van der Waals surface area contributed by atoms with Crippen molar-refractivity contribution in [2.45, 2.75) is 13.0 Å². The van der Waals surface area contributed by atoms with E-state index in [2.05, 4.69) is 15.5 Å². The number of aromatic nitrogens is 2. The van der Waals surface area contributed by atoms with Gasteiger partial charge in [0.25, 0.3) is 5.89 Å². The fourth-order valence-electron chi connectivity index (χ4n) is 4.23. The summed E-state index contributed by atoms with van der Waals surface area (Å²) >= 11 is 0. The Labute approximate surface area is 207 Å². The number of ether oxygens (including phenoxy) is 2. The number of hydrogen-bond acceptors (Lipinski definition) is 6.